The molecule has 0 aliphatic carbocycles. The van der Waals surface area contributed by atoms with E-state index < -0.39 is 0 Å². The fourth-order valence-electron chi connectivity index (χ4n) is 4.33. The summed E-state index contributed by atoms with van der Waals surface area (Å²) in [7, 11) is 0. The minimum Gasteiger partial charge on any atom is -0.361 e. The number of piperazine rings is 1. The second kappa shape index (κ2) is 8.88. The van der Waals surface area contributed by atoms with E-state index in [0.29, 0.717) is 0 Å². The molecule has 2 saturated heterocycles. The first kappa shape index (κ1) is 19.2. The van der Waals surface area contributed by atoms with Crippen LogP contribution >= 0.6 is 0 Å². The van der Waals surface area contributed by atoms with Crippen LogP contribution in [0, 0.1) is 6.92 Å². The molecular weight excluding hydrogens is 352 g/mol. The number of hydrogen-bond acceptors (Lipinski definition) is 5. The van der Waals surface area contributed by atoms with Crippen molar-refractivity contribution >= 4 is 5.91 Å². The Morgan fingerprint density at radius 2 is 1.75 bits per heavy atom. The fraction of sp³-hybridized carbons (Fsp3) is 0.545. The van der Waals surface area contributed by atoms with E-state index >= 15 is 0 Å². The van der Waals surface area contributed by atoms with Gasteiger partial charge in [-0.3, -0.25) is 14.6 Å². The van der Waals surface area contributed by atoms with Crippen molar-refractivity contribution in [2.75, 3.05) is 39.3 Å². The molecule has 2 aliphatic heterocycles. The summed E-state index contributed by atoms with van der Waals surface area (Å²) < 4.78 is 5.18. The largest absolute Gasteiger partial charge is 0.361 e. The van der Waals surface area contributed by atoms with Crippen LogP contribution in [-0.4, -0.2) is 65.0 Å². The van der Waals surface area contributed by atoms with Gasteiger partial charge in [-0.05, 0) is 31.7 Å². The van der Waals surface area contributed by atoms with Crippen LogP contribution in [0.2, 0.25) is 0 Å². The average Bonchev–Trinajstić information content (AvgIpc) is 3.15. The Morgan fingerprint density at radius 3 is 2.39 bits per heavy atom. The third kappa shape index (κ3) is 4.45. The predicted octanol–water partition coefficient (Wildman–Crippen LogP) is 2.85. The second-order valence-corrected chi connectivity index (χ2v) is 7.94. The molecule has 28 heavy (non-hydrogen) atoms. The van der Waals surface area contributed by atoms with Crippen LogP contribution in [0.15, 0.2) is 40.9 Å². The smallest absolute Gasteiger partial charge is 0.244 e. The predicted molar refractivity (Wildman–Crippen MR) is 108 cm³/mol. The van der Waals surface area contributed by atoms with Crippen molar-refractivity contribution in [1.82, 2.24) is 19.9 Å². The SMILES string of the molecule is Cc1cc(CN2CCN([C@H](C(=O)N3CCCCC3)c3ccccc3)CC2)no1. The van der Waals surface area contributed by atoms with E-state index in [1.807, 2.05) is 31.2 Å². The van der Waals surface area contributed by atoms with Crippen LogP contribution in [-0.2, 0) is 11.3 Å². The lowest BCUT2D eigenvalue weighted by molar-refractivity contribution is -0.139. The average molecular weight is 383 g/mol. The van der Waals surface area contributed by atoms with Crippen LogP contribution in [0.3, 0.4) is 0 Å². The molecule has 0 spiro atoms. The van der Waals surface area contributed by atoms with Crippen LogP contribution < -0.4 is 0 Å². The fourth-order valence-corrected chi connectivity index (χ4v) is 4.33. The molecule has 2 aromatic rings. The summed E-state index contributed by atoms with van der Waals surface area (Å²) in [5.74, 6) is 1.12. The first-order valence-electron chi connectivity index (χ1n) is 10.4. The van der Waals surface area contributed by atoms with Crippen molar-refractivity contribution in [1.29, 1.82) is 0 Å². The van der Waals surface area contributed by atoms with Gasteiger partial charge < -0.3 is 9.42 Å². The van der Waals surface area contributed by atoms with Gasteiger partial charge in [0.2, 0.25) is 5.91 Å². The summed E-state index contributed by atoms with van der Waals surface area (Å²) >= 11 is 0. The van der Waals surface area contributed by atoms with E-state index in [0.717, 1.165) is 75.7 Å². The number of benzene rings is 1. The maximum atomic E-state index is 13.4. The van der Waals surface area contributed by atoms with E-state index in [9.17, 15) is 4.79 Å². The van der Waals surface area contributed by atoms with Gasteiger partial charge in [0.15, 0.2) is 0 Å². The number of amides is 1. The van der Waals surface area contributed by atoms with Crippen LogP contribution in [0.25, 0.3) is 0 Å². The summed E-state index contributed by atoms with van der Waals surface area (Å²) in [4.78, 5) is 20.2. The summed E-state index contributed by atoms with van der Waals surface area (Å²) in [6, 6.07) is 12.1. The Morgan fingerprint density at radius 1 is 1.04 bits per heavy atom. The molecule has 1 aromatic carbocycles. The number of aryl methyl sites for hydroxylation is 1. The monoisotopic (exact) mass is 382 g/mol. The molecule has 6 heteroatoms. The number of likely N-dealkylation sites (tertiary alicyclic amines) is 1. The number of aromatic nitrogens is 1. The van der Waals surface area contributed by atoms with Gasteiger partial charge in [0.1, 0.15) is 11.8 Å². The Bertz CT molecular complexity index is 762. The van der Waals surface area contributed by atoms with Crippen molar-refractivity contribution in [2.24, 2.45) is 0 Å². The molecule has 0 unspecified atom stereocenters. The van der Waals surface area contributed by atoms with Crippen molar-refractivity contribution in [2.45, 2.75) is 38.8 Å². The molecule has 0 N–H and O–H groups in total. The van der Waals surface area contributed by atoms with Crippen molar-refractivity contribution < 1.29 is 9.32 Å². The van der Waals surface area contributed by atoms with Crippen LogP contribution in [0.4, 0.5) is 0 Å². The quantitative estimate of drug-likeness (QED) is 0.796. The lowest BCUT2D eigenvalue weighted by Crippen LogP contribution is -2.52. The normalized spacial score (nSPS) is 20.2. The van der Waals surface area contributed by atoms with Gasteiger partial charge in [0.25, 0.3) is 0 Å². The lowest BCUT2D eigenvalue weighted by atomic mass is 10.0. The molecule has 1 amide bonds. The summed E-state index contributed by atoms with van der Waals surface area (Å²) in [5, 5.41) is 4.11. The van der Waals surface area contributed by atoms with Crippen molar-refractivity contribution in [3.8, 4) is 0 Å². The first-order valence-corrected chi connectivity index (χ1v) is 10.4. The molecule has 0 saturated carbocycles. The maximum Gasteiger partial charge on any atom is 0.244 e. The second-order valence-electron chi connectivity index (χ2n) is 7.94. The third-order valence-electron chi connectivity index (χ3n) is 5.85. The van der Waals surface area contributed by atoms with E-state index in [-0.39, 0.29) is 11.9 Å². The molecule has 3 heterocycles. The summed E-state index contributed by atoms with van der Waals surface area (Å²) in [6.45, 7) is 8.16. The van der Waals surface area contributed by atoms with Gasteiger partial charge in [0.05, 0.1) is 5.69 Å². The van der Waals surface area contributed by atoms with Gasteiger partial charge in [-0.25, -0.2) is 0 Å². The summed E-state index contributed by atoms with van der Waals surface area (Å²) in [6.07, 6.45) is 3.48. The third-order valence-corrected chi connectivity index (χ3v) is 5.85. The number of nitrogens with zero attached hydrogens (tertiary/aromatic N) is 4. The number of hydrogen-bond donors (Lipinski definition) is 0. The zero-order chi connectivity index (χ0) is 19.3. The number of carbonyl (C=O) groups is 1. The standard InChI is InChI=1S/C22H30N4O2/c1-18-16-20(23-28-18)17-24-12-14-25(15-13-24)21(19-8-4-2-5-9-19)22(27)26-10-6-3-7-11-26/h2,4-5,8-9,16,21H,3,6-7,10-15,17H2,1H3/t21-/m0/s1. The van der Waals surface area contributed by atoms with E-state index in [2.05, 4.69) is 32.0 Å². The topological polar surface area (TPSA) is 52.8 Å². The Balaban J connectivity index is 1.44. The molecule has 2 aliphatic rings. The molecule has 1 atom stereocenters. The first-order chi connectivity index (χ1) is 13.7. The molecular formula is C22H30N4O2. The molecule has 0 bridgehead atoms. The Labute approximate surface area is 167 Å². The van der Waals surface area contributed by atoms with Crippen LogP contribution in [0.1, 0.15) is 42.3 Å². The van der Waals surface area contributed by atoms with Gasteiger partial charge in [0, 0.05) is 51.9 Å². The van der Waals surface area contributed by atoms with Gasteiger partial charge in [-0.15, -0.1) is 0 Å². The maximum absolute atomic E-state index is 13.4. The Kier molecular flexibility index (Phi) is 6.07. The molecule has 1 aromatic heterocycles. The highest BCUT2D eigenvalue weighted by atomic mass is 16.5. The summed E-state index contributed by atoms with van der Waals surface area (Å²) in [5.41, 5.74) is 2.09. The number of rotatable bonds is 5. The van der Waals surface area contributed by atoms with E-state index in [1.54, 1.807) is 0 Å². The van der Waals surface area contributed by atoms with Gasteiger partial charge in [-0.1, -0.05) is 35.5 Å². The zero-order valence-electron chi connectivity index (χ0n) is 16.7. The highest BCUT2D eigenvalue weighted by Crippen LogP contribution is 2.26. The van der Waals surface area contributed by atoms with Crippen molar-refractivity contribution in [3.63, 3.8) is 0 Å². The molecule has 2 fully saturated rings. The molecule has 150 valence electrons. The molecule has 6 nitrogen and oxygen atoms in total. The van der Waals surface area contributed by atoms with E-state index in [1.165, 1.54) is 6.42 Å². The zero-order valence-corrected chi connectivity index (χ0v) is 16.7. The van der Waals surface area contributed by atoms with E-state index in [4.69, 9.17) is 4.52 Å². The van der Waals surface area contributed by atoms with Crippen LogP contribution in [0.5, 0.6) is 0 Å². The van der Waals surface area contributed by atoms with Gasteiger partial charge in [-0.2, -0.15) is 0 Å². The lowest BCUT2D eigenvalue weighted by Gasteiger charge is -2.41. The minimum absolute atomic E-state index is 0.171. The van der Waals surface area contributed by atoms with Crippen molar-refractivity contribution in [3.05, 3.63) is 53.4 Å². The highest BCUT2D eigenvalue weighted by Gasteiger charge is 2.33. The Hall–Kier alpha value is -2.18. The van der Waals surface area contributed by atoms with Gasteiger partial charge >= 0.3 is 0 Å². The number of carbonyl (C=O) groups excluding carboxylic acids is 1. The molecule has 0 radical (unpaired) electrons. The minimum atomic E-state index is -0.171. The number of piperidine rings is 1. The highest BCUT2D eigenvalue weighted by molar-refractivity contribution is 5.83. The molecule has 4 rings (SSSR count).